The maximum atomic E-state index is 12.0. The lowest BCUT2D eigenvalue weighted by Crippen LogP contribution is -2.30. The van der Waals surface area contributed by atoms with Crippen LogP contribution in [-0.2, 0) is 17.6 Å². The van der Waals surface area contributed by atoms with Crippen LogP contribution in [0.25, 0.3) is 0 Å². The second-order valence-electron chi connectivity index (χ2n) is 4.46. The normalized spacial score (nSPS) is 10.4. The molecule has 0 aliphatic carbocycles. The highest BCUT2D eigenvalue weighted by Gasteiger charge is 2.13. The second-order valence-corrected chi connectivity index (χ2v) is 4.46. The van der Waals surface area contributed by atoms with Gasteiger partial charge in [-0.25, -0.2) is 4.98 Å². The average Bonchev–Trinajstić information content (AvgIpc) is 2.82. The number of nitrogens with zero attached hydrogens (tertiary/aromatic N) is 3. The number of hydrogen-bond acceptors (Lipinski definition) is 4. The maximum absolute atomic E-state index is 12.0. The number of rotatable bonds is 5. The largest absolute Gasteiger partial charge is 0.448 e. The standard InChI is InChI=1S/C14H17N3O2/c1-11-13(19-10-16-11)9-14(18)17(2)8-5-12-3-6-15-7-4-12/h3-4,6-7,10H,5,8-9H2,1-2H3. The van der Waals surface area contributed by atoms with Crippen LogP contribution in [0.5, 0.6) is 0 Å². The van der Waals surface area contributed by atoms with E-state index in [9.17, 15) is 4.79 Å². The number of aryl methyl sites for hydroxylation is 1. The monoisotopic (exact) mass is 259 g/mol. The Labute approximate surface area is 112 Å². The molecule has 2 rings (SSSR count). The van der Waals surface area contributed by atoms with Crippen LogP contribution in [0.15, 0.2) is 35.3 Å². The van der Waals surface area contributed by atoms with Crippen molar-refractivity contribution in [3.8, 4) is 0 Å². The molecule has 0 aromatic carbocycles. The average molecular weight is 259 g/mol. The van der Waals surface area contributed by atoms with Crippen molar-refractivity contribution >= 4 is 5.91 Å². The quantitative estimate of drug-likeness (QED) is 0.818. The van der Waals surface area contributed by atoms with Gasteiger partial charge < -0.3 is 9.32 Å². The summed E-state index contributed by atoms with van der Waals surface area (Å²) < 4.78 is 5.18. The van der Waals surface area contributed by atoms with E-state index in [2.05, 4.69) is 9.97 Å². The molecule has 100 valence electrons. The van der Waals surface area contributed by atoms with E-state index >= 15 is 0 Å². The number of likely N-dealkylation sites (N-methyl/N-ethyl adjacent to an activating group) is 1. The molecule has 1 amide bonds. The first kappa shape index (κ1) is 13.3. The molecule has 0 bridgehead atoms. The van der Waals surface area contributed by atoms with E-state index in [4.69, 9.17) is 4.42 Å². The molecule has 2 aromatic rings. The number of aromatic nitrogens is 2. The summed E-state index contributed by atoms with van der Waals surface area (Å²) in [7, 11) is 1.80. The molecule has 2 heterocycles. The molecule has 0 radical (unpaired) electrons. The Kier molecular flexibility index (Phi) is 4.28. The van der Waals surface area contributed by atoms with Gasteiger partial charge in [-0.05, 0) is 31.0 Å². The van der Waals surface area contributed by atoms with E-state index in [1.165, 1.54) is 12.0 Å². The molecular weight excluding hydrogens is 242 g/mol. The highest BCUT2D eigenvalue weighted by atomic mass is 16.3. The molecule has 5 heteroatoms. The SMILES string of the molecule is Cc1ncoc1CC(=O)N(C)CCc1ccncc1. The Balaban J connectivity index is 1.84. The summed E-state index contributed by atoms with van der Waals surface area (Å²) in [6, 6.07) is 3.91. The zero-order chi connectivity index (χ0) is 13.7. The summed E-state index contributed by atoms with van der Waals surface area (Å²) in [5.41, 5.74) is 1.95. The fourth-order valence-corrected chi connectivity index (χ4v) is 1.74. The molecular formula is C14H17N3O2. The van der Waals surface area contributed by atoms with Crippen LogP contribution in [0.1, 0.15) is 17.0 Å². The third-order valence-electron chi connectivity index (χ3n) is 3.07. The summed E-state index contributed by atoms with van der Waals surface area (Å²) in [5.74, 6) is 0.676. The number of pyridine rings is 1. The first-order valence-corrected chi connectivity index (χ1v) is 6.18. The first-order valence-electron chi connectivity index (χ1n) is 6.18. The summed E-state index contributed by atoms with van der Waals surface area (Å²) in [6.45, 7) is 2.51. The summed E-state index contributed by atoms with van der Waals surface area (Å²) >= 11 is 0. The van der Waals surface area contributed by atoms with E-state index in [1.807, 2.05) is 19.1 Å². The summed E-state index contributed by atoms with van der Waals surface area (Å²) in [6.07, 6.45) is 5.97. The minimum absolute atomic E-state index is 0.0360. The molecule has 0 atom stereocenters. The number of oxazole rings is 1. The van der Waals surface area contributed by atoms with Crippen molar-refractivity contribution in [2.45, 2.75) is 19.8 Å². The fraction of sp³-hybridized carbons (Fsp3) is 0.357. The van der Waals surface area contributed by atoms with Gasteiger partial charge in [0.15, 0.2) is 6.39 Å². The van der Waals surface area contributed by atoms with Crippen molar-refractivity contribution in [1.29, 1.82) is 0 Å². The van der Waals surface area contributed by atoms with Gasteiger partial charge >= 0.3 is 0 Å². The predicted molar refractivity (Wildman–Crippen MR) is 70.5 cm³/mol. The summed E-state index contributed by atoms with van der Waals surface area (Å²) in [4.78, 5) is 21.7. The van der Waals surface area contributed by atoms with Crippen LogP contribution in [0.4, 0.5) is 0 Å². The highest BCUT2D eigenvalue weighted by Crippen LogP contribution is 2.07. The Morgan fingerprint density at radius 1 is 1.37 bits per heavy atom. The van der Waals surface area contributed by atoms with Crippen LogP contribution >= 0.6 is 0 Å². The molecule has 5 nitrogen and oxygen atoms in total. The lowest BCUT2D eigenvalue weighted by atomic mass is 10.2. The van der Waals surface area contributed by atoms with E-state index in [-0.39, 0.29) is 12.3 Å². The van der Waals surface area contributed by atoms with Crippen LogP contribution in [-0.4, -0.2) is 34.4 Å². The molecule has 0 unspecified atom stereocenters. The van der Waals surface area contributed by atoms with Gasteiger partial charge in [0, 0.05) is 26.0 Å². The van der Waals surface area contributed by atoms with Crippen LogP contribution in [0.3, 0.4) is 0 Å². The molecule has 0 saturated carbocycles. The Bertz CT molecular complexity index is 537. The van der Waals surface area contributed by atoms with Gasteiger partial charge in [-0.1, -0.05) is 0 Å². The minimum atomic E-state index is 0.0360. The van der Waals surface area contributed by atoms with E-state index in [1.54, 1.807) is 24.3 Å². The smallest absolute Gasteiger partial charge is 0.230 e. The molecule has 0 aliphatic rings. The number of amides is 1. The van der Waals surface area contributed by atoms with Gasteiger partial charge in [0.25, 0.3) is 0 Å². The van der Waals surface area contributed by atoms with Gasteiger partial charge in [0.05, 0.1) is 12.1 Å². The molecule has 0 saturated heterocycles. The zero-order valence-corrected chi connectivity index (χ0v) is 11.2. The van der Waals surface area contributed by atoms with E-state index in [0.29, 0.717) is 12.3 Å². The summed E-state index contributed by atoms with van der Waals surface area (Å²) in [5, 5.41) is 0. The van der Waals surface area contributed by atoms with Crippen molar-refractivity contribution in [2.24, 2.45) is 0 Å². The van der Waals surface area contributed by atoms with E-state index in [0.717, 1.165) is 12.1 Å². The van der Waals surface area contributed by atoms with E-state index < -0.39 is 0 Å². The predicted octanol–water partition coefficient (Wildman–Crippen LogP) is 1.62. The fourth-order valence-electron chi connectivity index (χ4n) is 1.74. The lowest BCUT2D eigenvalue weighted by Gasteiger charge is -2.16. The number of carbonyl (C=O) groups is 1. The van der Waals surface area contributed by atoms with Crippen molar-refractivity contribution < 1.29 is 9.21 Å². The zero-order valence-electron chi connectivity index (χ0n) is 11.2. The topological polar surface area (TPSA) is 59.2 Å². The molecule has 0 fully saturated rings. The van der Waals surface area contributed by atoms with Crippen LogP contribution in [0.2, 0.25) is 0 Å². The lowest BCUT2D eigenvalue weighted by molar-refractivity contribution is -0.129. The molecule has 2 aromatic heterocycles. The van der Waals surface area contributed by atoms with Crippen molar-refractivity contribution in [3.05, 3.63) is 47.9 Å². The minimum Gasteiger partial charge on any atom is -0.448 e. The highest BCUT2D eigenvalue weighted by molar-refractivity contribution is 5.78. The second kappa shape index (κ2) is 6.13. The molecule has 19 heavy (non-hydrogen) atoms. The Morgan fingerprint density at radius 3 is 2.74 bits per heavy atom. The first-order chi connectivity index (χ1) is 9.16. The molecule has 0 aliphatic heterocycles. The van der Waals surface area contributed by atoms with Crippen molar-refractivity contribution in [1.82, 2.24) is 14.9 Å². The molecule has 0 spiro atoms. The number of hydrogen-bond donors (Lipinski definition) is 0. The van der Waals surface area contributed by atoms with Crippen molar-refractivity contribution in [3.63, 3.8) is 0 Å². The molecule has 0 N–H and O–H groups in total. The Morgan fingerprint density at radius 2 is 2.11 bits per heavy atom. The number of carbonyl (C=O) groups excluding carboxylic acids is 1. The van der Waals surface area contributed by atoms with Gasteiger partial charge in [-0.2, -0.15) is 0 Å². The van der Waals surface area contributed by atoms with Gasteiger partial charge in [-0.15, -0.1) is 0 Å². The Hall–Kier alpha value is -2.17. The van der Waals surface area contributed by atoms with Crippen molar-refractivity contribution in [2.75, 3.05) is 13.6 Å². The van der Waals surface area contributed by atoms with Gasteiger partial charge in [0.1, 0.15) is 5.76 Å². The van der Waals surface area contributed by atoms with Gasteiger partial charge in [-0.3, -0.25) is 9.78 Å². The van der Waals surface area contributed by atoms with Crippen LogP contribution in [0, 0.1) is 6.92 Å². The third-order valence-corrected chi connectivity index (χ3v) is 3.07. The van der Waals surface area contributed by atoms with Gasteiger partial charge in [0.2, 0.25) is 5.91 Å². The third kappa shape index (κ3) is 3.64. The maximum Gasteiger partial charge on any atom is 0.230 e. The van der Waals surface area contributed by atoms with Crippen LogP contribution < -0.4 is 0 Å².